The Labute approximate surface area is 197 Å². The van der Waals surface area contributed by atoms with Crippen molar-refractivity contribution in [3.8, 4) is 16.2 Å². The van der Waals surface area contributed by atoms with Crippen LogP contribution in [0.4, 0.5) is 0 Å². The van der Waals surface area contributed by atoms with E-state index in [0.29, 0.717) is 0 Å². The van der Waals surface area contributed by atoms with E-state index in [4.69, 9.17) is 4.74 Å². The molecule has 2 heterocycles. The van der Waals surface area contributed by atoms with Crippen molar-refractivity contribution in [2.75, 3.05) is 6.61 Å². The standard InChI is InChI=1S/C28H40OS2/c1-3-5-7-9-10-11-12-14-20-29-24-18-16-23(17-19-24)26-22-28-27(31-26)21-25(30-28)15-13-8-6-4-2/h16-19,21-22H,3-15,20H2,1-2H3. The number of ether oxygens (including phenoxy) is 1. The Morgan fingerprint density at radius 3 is 1.94 bits per heavy atom. The number of hydrogen-bond donors (Lipinski definition) is 0. The van der Waals surface area contributed by atoms with E-state index in [0.717, 1.165) is 18.8 Å². The van der Waals surface area contributed by atoms with Crippen molar-refractivity contribution in [3.05, 3.63) is 41.3 Å². The summed E-state index contributed by atoms with van der Waals surface area (Å²) in [6.07, 6.45) is 17.3. The predicted octanol–water partition coefficient (Wildman–Crippen LogP) is 10.3. The third-order valence-electron chi connectivity index (χ3n) is 5.94. The molecule has 0 N–H and O–H groups in total. The van der Waals surface area contributed by atoms with Crippen molar-refractivity contribution in [3.63, 3.8) is 0 Å². The molecule has 2 aromatic heterocycles. The molecule has 0 bridgehead atoms. The highest BCUT2D eigenvalue weighted by Gasteiger charge is 2.09. The summed E-state index contributed by atoms with van der Waals surface area (Å²) in [6.45, 7) is 5.39. The summed E-state index contributed by atoms with van der Waals surface area (Å²) in [7, 11) is 0. The van der Waals surface area contributed by atoms with Crippen LogP contribution < -0.4 is 4.74 Å². The molecular formula is C28H40OS2. The van der Waals surface area contributed by atoms with Crippen molar-refractivity contribution < 1.29 is 4.74 Å². The molecule has 0 aliphatic heterocycles. The number of rotatable bonds is 16. The molecular weight excluding hydrogens is 416 g/mol. The van der Waals surface area contributed by atoms with Crippen LogP contribution in [0.2, 0.25) is 0 Å². The van der Waals surface area contributed by atoms with Crippen LogP contribution >= 0.6 is 22.7 Å². The summed E-state index contributed by atoms with van der Waals surface area (Å²) >= 11 is 3.91. The molecule has 0 saturated heterocycles. The number of aryl methyl sites for hydroxylation is 1. The fourth-order valence-corrected chi connectivity index (χ4v) is 6.49. The van der Waals surface area contributed by atoms with Gasteiger partial charge in [-0.25, -0.2) is 0 Å². The first-order chi connectivity index (χ1) is 15.3. The zero-order valence-electron chi connectivity index (χ0n) is 19.6. The fraction of sp³-hybridized carbons (Fsp3) is 0.571. The Hall–Kier alpha value is -1.32. The van der Waals surface area contributed by atoms with Crippen LogP contribution in [0.5, 0.6) is 5.75 Å². The van der Waals surface area contributed by atoms with Crippen LogP contribution in [0.3, 0.4) is 0 Å². The zero-order valence-corrected chi connectivity index (χ0v) is 21.2. The van der Waals surface area contributed by atoms with E-state index in [2.05, 4.69) is 50.2 Å². The van der Waals surface area contributed by atoms with E-state index >= 15 is 0 Å². The Bertz CT molecular complexity index is 827. The summed E-state index contributed by atoms with van der Waals surface area (Å²) in [5.74, 6) is 0.999. The molecule has 31 heavy (non-hydrogen) atoms. The van der Waals surface area contributed by atoms with Gasteiger partial charge in [0.1, 0.15) is 5.75 Å². The van der Waals surface area contributed by atoms with Gasteiger partial charge >= 0.3 is 0 Å². The predicted molar refractivity (Wildman–Crippen MR) is 141 cm³/mol. The highest BCUT2D eigenvalue weighted by Crippen LogP contribution is 2.39. The van der Waals surface area contributed by atoms with Gasteiger partial charge in [-0.1, -0.05) is 78.1 Å². The second kappa shape index (κ2) is 14.0. The van der Waals surface area contributed by atoms with E-state index in [1.807, 2.05) is 22.7 Å². The molecule has 0 amide bonds. The van der Waals surface area contributed by atoms with Crippen molar-refractivity contribution in [1.82, 2.24) is 0 Å². The third kappa shape index (κ3) is 8.27. The smallest absolute Gasteiger partial charge is 0.119 e. The Morgan fingerprint density at radius 2 is 1.26 bits per heavy atom. The van der Waals surface area contributed by atoms with Gasteiger partial charge in [0, 0.05) is 19.2 Å². The van der Waals surface area contributed by atoms with Gasteiger partial charge in [0.2, 0.25) is 0 Å². The summed E-state index contributed by atoms with van der Waals surface area (Å²) in [5.41, 5.74) is 1.30. The first-order valence-corrected chi connectivity index (χ1v) is 14.2. The quantitative estimate of drug-likeness (QED) is 0.195. The largest absolute Gasteiger partial charge is 0.494 e. The van der Waals surface area contributed by atoms with Crippen LogP contribution in [-0.2, 0) is 6.42 Å². The average molecular weight is 457 g/mol. The van der Waals surface area contributed by atoms with Crippen molar-refractivity contribution in [1.29, 1.82) is 0 Å². The van der Waals surface area contributed by atoms with E-state index in [-0.39, 0.29) is 0 Å². The first-order valence-electron chi connectivity index (χ1n) is 12.6. The van der Waals surface area contributed by atoms with Gasteiger partial charge in [0.25, 0.3) is 0 Å². The monoisotopic (exact) mass is 456 g/mol. The minimum Gasteiger partial charge on any atom is -0.494 e. The number of thiophene rings is 2. The molecule has 0 aliphatic carbocycles. The van der Waals surface area contributed by atoms with E-state index in [9.17, 15) is 0 Å². The SMILES string of the molecule is CCCCCCCCCCOc1ccc(-c2cc3sc(CCCCCC)cc3s2)cc1. The number of unbranched alkanes of at least 4 members (excludes halogenated alkanes) is 10. The maximum absolute atomic E-state index is 5.96. The molecule has 0 unspecified atom stereocenters. The maximum Gasteiger partial charge on any atom is 0.119 e. The van der Waals surface area contributed by atoms with Gasteiger partial charge in [-0.05, 0) is 61.2 Å². The normalized spacial score (nSPS) is 11.4. The second-order valence-corrected chi connectivity index (χ2v) is 11.0. The minimum absolute atomic E-state index is 0.837. The Morgan fingerprint density at radius 1 is 0.645 bits per heavy atom. The Kier molecular flexibility index (Phi) is 11.0. The number of fused-ring (bicyclic) bond motifs is 1. The van der Waals surface area contributed by atoms with Gasteiger partial charge < -0.3 is 4.74 Å². The topological polar surface area (TPSA) is 9.23 Å². The van der Waals surface area contributed by atoms with Crippen molar-refractivity contribution in [2.45, 2.75) is 97.3 Å². The van der Waals surface area contributed by atoms with Gasteiger partial charge in [-0.2, -0.15) is 0 Å². The lowest BCUT2D eigenvalue weighted by Crippen LogP contribution is -1.97. The molecule has 3 aromatic rings. The molecule has 3 rings (SSSR count). The van der Waals surface area contributed by atoms with Gasteiger partial charge in [-0.3, -0.25) is 0 Å². The van der Waals surface area contributed by atoms with Crippen LogP contribution in [0.25, 0.3) is 19.8 Å². The highest BCUT2D eigenvalue weighted by atomic mass is 32.1. The molecule has 1 nitrogen and oxygen atoms in total. The second-order valence-electron chi connectivity index (χ2n) is 8.71. The number of benzene rings is 1. The molecule has 0 radical (unpaired) electrons. The lowest BCUT2D eigenvalue weighted by Gasteiger charge is -2.07. The first kappa shape index (κ1) is 24.3. The third-order valence-corrected chi connectivity index (χ3v) is 8.34. The summed E-state index contributed by atoms with van der Waals surface area (Å²) in [4.78, 5) is 2.92. The average Bonchev–Trinajstić information content (AvgIpc) is 3.35. The van der Waals surface area contributed by atoms with Crippen LogP contribution in [-0.4, -0.2) is 6.61 Å². The fourth-order valence-electron chi connectivity index (χ4n) is 4.02. The van der Waals surface area contributed by atoms with Crippen LogP contribution in [0, 0.1) is 0 Å². The van der Waals surface area contributed by atoms with Gasteiger partial charge in [-0.15, -0.1) is 22.7 Å². The van der Waals surface area contributed by atoms with Crippen LogP contribution in [0.15, 0.2) is 36.4 Å². The summed E-state index contributed by atoms with van der Waals surface area (Å²) < 4.78 is 8.85. The summed E-state index contributed by atoms with van der Waals surface area (Å²) in [5, 5.41) is 0. The molecule has 0 spiro atoms. The van der Waals surface area contributed by atoms with Crippen molar-refractivity contribution in [2.24, 2.45) is 0 Å². The molecule has 0 fully saturated rings. The Balaban J connectivity index is 1.39. The molecule has 170 valence electrons. The lowest BCUT2D eigenvalue weighted by atomic mass is 10.1. The van der Waals surface area contributed by atoms with Gasteiger partial charge in [0.15, 0.2) is 0 Å². The van der Waals surface area contributed by atoms with Crippen molar-refractivity contribution >= 4 is 32.1 Å². The lowest BCUT2D eigenvalue weighted by molar-refractivity contribution is 0.304. The summed E-state index contributed by atoms with van der Waals surface area (Å²) in [6, 6.07) is 13.5. The minimum atomic E-state index is 0.837. The molecule has 0 saturated carbocycles. The zero-order chi connectivity index (χ0) is 21.7. The van der Waals surface area contributed by atoms with Crippen LogP contribution in [0.1, 0.15) is 95.8 Å². The van der Waals surface area contributed by atoms with Gasteiger partial charge in [0.05, 0.1) is 6.61 Å². The molecule has 0 atom stereocenters. The van der Waals surface area contributed by atoms with E-state index in [1.165, 1.54) is 96.9 Å². The maximum atomic E-state index is 5.96. The highest BCUT2D eigenvalue weighted by molar-refractivity contribution is 7.29. The number of hydrogen-bond acceptors (Lipinski definition) is 3. The molecule has 3 heteroatoms. The molecule has 0 aliphatic rings. The molecule has 1 aromatic carbocycles. The van der Waals surface area contributed by atoms with E-state index < -0.39 is 0 Å². The van der Waals surface area contributed by atoms with E-state index in [1.54, 1.807) is 4.88 Å².